The van der Waals surface area contributed by atoms with E-state index in [1.54, 1.807) is 0 Å². The van der Waals surface area contributed by atoms with E-state index in [1.807, 2.05) is 6.92 Å². The molecule has 9 heavy (non-hydrogen) atoms. The van der Waals surface area contributed by atoms with Crippen LogP contribution in [0.25, 0.3) is 0 Å². The van der Waals surface area contributed by atoms with Gasteiger partial charge < -0.3 is 5.11 Å². The van der Waals surface area contributed by atoms with E-state index in [4.69, 9.17) is 13.0 Å². The van der Waals surface area contributed by atoms with Gasteiger partial charge in [-0.2, -0.15) is 0 Å². The van der Waals surface area contributed by atoms with E-state index >= 15 is 0 Å². The molecule has 1 aromatic rings. The van der Waals surface area contributed by atoms with Crippen LogP contribution in [-0.4, -0.2) is 17.9 Å². The van der Waals surface area contributed by atoms with Crippen LogP contribution in [0.15, 0.2) is 0 Å². The monoisotopic (exact) mass is 139 g/mol. The fourth-order valence-corrected chi connectivity index (χ4v) is 1.23. The summed E-state index contributed by atoms with van der Waals surface area (Å²) in [5, 5.41) is 9.25. The van der Waals surface area contributed by atoms with Crippen LogP contribution in [0.5, 0.6) is 0 Å². The summed E-state index contributed by atoms with van der Waals surface area (Å²) in [7, 11) is 5.46. The fraction of sp³-hybridized carbons (Fsp3) is 0.400. The van der Waals surface area contributed by atoms with Gasteiger partial charge in [0.25, 0.3) is 0 Å². The number of hydrogen-bond acceptors (Lipinski definition) is 3. The minimum atomic E-state index is -0.0112. The second-order valence-electron chi connectivity index (χ2n) is 1.72. The first-order chi connectivity index (χ1) is 4.24. The number of nitrogens with zero attached hydrogens (tertiary/aromatic N) is 1. The fourth-order valence-electron chi connectivity index (χ4n) is 0.533. The lowest BCUT2D eigenvalue weighted by molar-refractivity contribution is 0.281. The van der Waals surface area contributed by atoms with Gasteiger partial charge in [0, 0.05) is 5.69 Å². The minimum Gasteiger partial charge on any atom is -0.389 e. The molecule has 2 radical (unpaired) electrons. The SMILES string of the molecule is [B]c1sc(CO)nc1C. The predicted octanol–water partition coefficient (Wildman–Crippen LogP) is -0.262. The van der Waals surface area contributed by atoms with Crippen molar-refractivity contribution >= 4 is 24.0 Å². The van der Waals surface area contributed by atoms with Crippen molar-refractivity contribution in [2.45, 2.75) is 13.5 Å². The molecule has 4 heteroatoms. The highest BCUT2D eigenvalue weighted by Gasteiger charge is 1.99. The van der Waals surface area contributed by atoms with Crippen molar-refractivity contribution < 1.29 is 5.11 Å². The number of thiazole rings is 1. The zero-order valence-electron chi connectivity index (χ0n) is 5.09. The Balaban J connectivity index is 2.98. The summed E-state index contributed by atoms with van der Waals surface area (Å²) in [6, 6.07) is 0. The molecule has 1 heterocycles. The second kappa shape index (κ2) is 2.50. The molecule has 0 saturated heterocycles. The lowest BCUT2D eigenvalue weighted by atomic mass is 10.1. The molecule has 0 fully saturated rings. The third-order valence-corrected chi connectivity index (χ3v) is 1.98. The molecular weight excluding hydrogens is 133 g/mol. The van der Waals surface area contributed by atoms with E-state index in [-0.39, 0.29) is 6.61 Å². The van der Waals surface area contributed by atoms with Crippen molar-refractivity contribution in [3.05, 3.63) is 10.7 Å². The van der Waals surface area contributed by atoms with E-state index in [2.05, 4.69) is 4.98 Å². The molecule has 1 aromatic heterocycles. The Hall–Kier alpha value is -0.345. The summed E-state index contributed by atoms with van der Waals surface area (Å²) in [5.74, 6) is 0. The summed E-state index contributed by atoms with van der Waals surface area (Å²) in [4.78, 5) is 3.97. The Labute approximate surface area is 59.0 Å². The Bertz CT molecular complexity index is 191. The molecule has 0 saturated carbocycles. The predicted molar refractivity (Wildman–Crippen MR) is 38.2 cm³/mol. The maximum Gasteiger partial charge on any atom is 0.131 e. The first kappa shape index (κ1) is 6.77. The van der Waals surface area contributed by atoms with Gasteiger partial charge in [0.2, 0.25) is 0 Å². The normalized spacial score (nSPS) is 10.0. The zero-order valence-corrected chi connectivity index (χ0v) is 5.90. The van der Waals surface area contributed by atoms with Crippen molar-refractivity contribution in [2.75, 3.05) is 0 Å². The summed E-state index contributed by atoms with van der Waals surface area (Å²) in [6.45, 7) is 1.81. The van der Waals surface area contributed by atoms with Crippen molar-refractivity contribution in [2.24, 2.45) is 0 Å². The van der Waals surface area contributed by atoms with Crippen molar-refractivity contribution in [1.29, 1.82) is 0 Å². The molecule has 0 aliphatic rings. The van der Waals surface area contributed by atoms with Crippen LogP contribution in [0.1, 0.15) is 10.7 Å². The number of aliphatic hydroxyl groups is 1. The van der Waals surface area contributed by atoms with Crippen molar-refractivity contribution in [1.82, 2.24) is 4.98 Å². The molecule has 0 aliphatic carbocycles. The van der Waals surface area contributed by atoms with Crippen LogP contribution in [0.4, 0.5) is 0 Å². The minimum absolute atomic E-state index is 0.0112. The topological polar surface area (TPSA) is 33.1 Å². The van der Waals surface area contributed by atoms with Gasteiger partial charge in [-0.05, 0) is 11.7 Å². The third-order valence-electron chi connectivity index (χ3n) is 1.01. The molecule has 0 bridgehead atoms. The van der Waals surface area contributed by atoms with E-state index in [9.17, 15) is 0 Å². The smallest absolute Gasteiger partial charge is 0.131 e. The van der Waals surface area contributed by atoms with E-state index in [0.717, 1.165) is 5.69 Å². The van der Waals surface area contributed by atoms with E-state index < -0.39 is 0 Å². The standard InChI is InChI=1S/C5H6BNOS/c1-3-5(6)9-4(2-8)7-3/h8H,2H2,1H3. The zero-order chi connectivity index (χ0) is 6.85. The van der Waals surface area contributed by atoms with E-state index in [1.165, 1.54) is 11.3 Å². The van der Waals surface area contributed by atoms with Gasteiger partial charge in [0.1, 0.15) is 12.9 Å². The maximum atomic E-state index is 8.57. The average molecular weight is 139 g/mol. The number of aromatic nitrogens is 1. The molecule has 1 rings (SSSR count). The Kier molecular flexibility index (Phi) is 1.88. The van der Waals surface area contributed by atoms with Crippen LogP contribution in [-0.2, 0) is 6.61 Å². The maximum absolute atomic E-state index is 8.57. The molecular formula is C5H6BNOS. The quantitative estimate of drug-likeness (QED) is 0.543. The molecule has 0 atom stereocenters. The molecule has 0 spiro atoms. The summed E-state index contributed by atoms with van der Waals surface area (Å²) in [5.41, 5.74) is 0.809. The highest BCUT2D eigenvalue weighted by molar-refractivity contribution is 7.19. The number of aliphatic hydroxyl groups excluding tert-OH is 1. The number of rotatable bonds is 1. The molecule has 2 nitrogen and oxygen atoms in total. The third kappa shape index (κ3) is 1.31. The van der Waals surface area contributed by atoms with Crippen LogP contribution < -0.4 is 4.78 Å². The molecule has 0 aliphatic heterocycles. The van der Waals surface area contributed by atoms with Gasteiger partial charge in [-0.15, -0.1) is 11.3 Å². The van der Waals surface area contributed by atoms with Crippen molar-refractivity contribution in [3.63, 3.8) is 0 Å². The summed E-state index contributed by atoms with van der Waals surface area (Å²) >= 11 is 1.33. The van der Waals surface area contributed by atoms with Gasteiger partial charge in [0.15, 0.2) is 0 Å². The van der Waals surface area contributed by atoms with Crippen molar-refractivity contribution in [3.8, 4) is 0 Å². The first-order valence-corrected chi connectivity index (χ1v) is 3.38. The molecule has 46 valence electrons. The van der Waals surface area contributed by atoms with Crippen LogP contribution in [0, 0.1) is 6.92 Å². The highest BCUT2D eigenvalue weighted by Crippen LogP contribution is 2.03. The summed E-state index contributed by atoms with van der Waals surface area (Å²) in [6.07, 6.45) is 0. The highest BCUT2D eigenvalue weighted by atomic mass is 32.1. The molecule has 0 unspecified atom stereocenters. The Morgan fingerprint density at radius 2 is 2.44 bits per heavy atom. The Morgan fingerprint density at radius 1 is 1.78 bits per heavy atom. The number of hydrogen-bond donors (Lipinski definition) is 1. The largest absolute Gasteiger partial charge is 0.389 e. The average Bonchev–Trinajstić information content (AvgIpc) is 2.13. The van der Waals surface area contributed by atoms with Gasteiger partial charge in [-0.1, -0.05) is 0 Å². The molecule has 0 amide bonds. The lowest BCUT2D eigenvalue weighted by Gasteiger charge is -1.79. The van der Waals surface area contributed by atoms with Gasteiger partial charge in [0.05, 0.1) is 6.61 Å². The van der Waals surface area contributed by atoms with Crippen LogP contribution >= 0.6 is 11.3 Å². The lowest BCUT2D eigenvalue weighted by Crippen LogP contribution is -1.97. The molecule has 0 aromatic carbocycles. The van der Waals surface area contributed by atoms with Gasteiger partial charge >= 0.3 is 0 Å². The number of aryl methyl sites for hydroxylation is 1. The van der Waals surface area contributed by atoms with Crippen LogP contribution in [0.2, 0.25) is 0 Å². The van der Waals surface area contributed by atoms with Gasteiger partial charge in [-0.3, -0.25) is 0 Å². The van der Waals surface area contributed by atoms with Gasteiger partial charge in [-0.25, -0.2) is 4.98 Å². The second-order valence-corrected chi connectivity index (χ2v) is 2.83. The first-order valence-electron chi connectivity index (χ1n) is 2.56. The Morgan fingerprint density at radius 3 is 2.67 bits per heavy atom. The van der Waals surface area contributed by atoms with E-state index in [0.29, 0.717) is 9.78 Å². The summed E-state index contributed by atoms with van der Waals surface area (Å²) < 4.78 is 0.694. The molecule has 1 N–H and O–H groups in total. The van der Waals surface area contributed by atoms with Crippen LogP contribution in [0.3, 0.4) is 0 Å².